The van der Waals surface area contributed by atoms with Crippen molar-refractivity contribution in [3.63, 3.8) is 0 Å². The van der Waals surface area contributed by atoms with E-state index in [4.69, 9.17) is 9.47 Å². The van der Waals surface area contributed by atoms with Crippen molar-refractivity contribution in [2.75, 3.05) is 7.11 Å². The van der Waals surface area contributed by atoms with Gasteiger partial charge >= 0.3 is 5.97 Å². The van der Waals surface area contributed by atoms with Crippen LogP contribution in [-0.2, 0) is 20.7 Å². The van der Waals surface area contributed by atoms with E-state index in [0.29, 0.717) is 5.92 Å². The van der Waals surface area contributed by atoms with Crippen molar-refractivity contribution in [1.82, 2.24) is 5.32 Å². The van der Waals surface area contributed by atoms with Gasteiger partial charge in [-0.1, -0.05) is 31.9 Å². The van der Waals surface area contributed by atoms with Gasteiger partial charge in [-0.3, -0.25) is 9.59 Å². The minimum absolute atomic E-state index is 0.140. The minimum atomic E-state index is -0.773. The molecule has 3 atom stereocenters. The van der Waals surface area contributed by atoms with E-state index in [0.717, 1.165) is 30.6 Å². The summed E-state index contributed by atoms with van der Waals surface area (Å²) in [6.07, 6.45) is 3.86. The van der Waals surface area contributed by atoms with Crippen LogP contribution in [0.15, 0.2) is 24.3 Å². The van der Waals surface area contributed by atoms with E-state index >= 15 is 0 Å². The molecule has 5 nitrogen and oxygen atoms in total. The van der Waals surface area contributed by atoms with Crippen LogP contribution in [0.3, 0.4) is 0 Å². The van der Waals surface area contributed by atoms with Gasteiger partial charge in [-0.25, -0.2) is 0 Å². The van der Waals surface area contributed by atoms with Gasteiger partial charge in [0, 0.05) is 6.04 Å². The van der Waals surface area contributed by atoms with E-state index in [-0.39, 0.29) is 18.4 Å². The number of carbonyl (C=O) groups is 2. The van der Waals surface area contributed by atoms with Gasteiger partial charge in [0.25, 0.3) is 5.91 Å². The SMILES string of the molecule is COc1ccc(CC(=O)O[C@H](C)C(=O)N[C@@H]2CCCC[C@@H]2C)cc1. The van der Waals surface area contributed by atoms with Crippen molar-refractivity contribution in [2.45, 2.75) is 58.1 Å². The predicted molar refractivity (Wildman–Crippen MR) is 91.8 cm³/mol. The number of hydrogen-bond acceptors (Lipinski definition) is 4. The predicted octanol–water partition coefficient (Wildman–Crippen LogP) is 2.86. The summed E-state index contributed by atoms with van der Waals surface area (Å²) in [5, 5.41) is 3.02. The lowest BCUT2D eigenvalue weighted by Gasteiger charge is -2.30. The van der Waals surface area contributed by atoms with Crippen LogP contribution in [-0.4, -0.2) is 31.1 Å². The molecule has 0 heterocycles. The van der Waals surface area contributed by atoms with Gasteiger partial charge < -0.3 is 14.8 Å². The lowest BCUT2D eigenvalue weighted by atomic mass is 9.86. The van der Waals surface area contributed by atoms with Crippen LogP contribution < -0.4 is 10.1 Å². The summed E-state index contributed by atoms with van der Waals surface area (Å²) in [4.78, 5) is 24.2. The third-order valence-corrected chi connectivity index (χ3v) is 4.62. The fraction of sp³-hybridized carbons (Fsp3) is 0.579. The van der Waals surface area contributed by atoms with Gasteiger partial charge in [0.15, 0.2) is 6.10 Å². The number of carbonyl (C=O) groups excluding carboxylic acids is 2. The summed E-state index contributed by atoms with van der Waals surface area (Å²) >= 11 is 0. The number of nitrogens with one attached hydrogen (secondary N) is 1. The molecule has 1 aliphatic rings. The quantitative estimate of drug-likeness (QED) is 0.813. The molecule has 0 aliphatic heterocycles. The van der Waals surface area contributed by atoms with Crippen molar-refractivity contribution >= 4 is 11.9 Å². The third kappa shape index (κ3) is 5.25. The second kappa shape index (κ2) is 8.71. The first-order chi connectivity index (χ1) is 11.5. The summed E-state index contributed by atoms with van der Waals surface area (Å²) in [6.45, 7) is 3.78. The van der Waals surface area contributed by atoms with E-state index < -0.39 is 12.1 Å². The van der Waals surface area contributed by atoms with E-state index in [1.807, 2.05) is 12.1 Å². The summed E-state index contributed by atoms with van der Waals surface area (Å²) in [5.74, 6) is 0.600. The number of methoxy groups -OCH3 is 1. The summed E-state index contributed by atoms with van der Waals surface area (Å²) < 4.78 is 10.3. The molecule has 0 spiro atoms. The Hall–Kier alpha value is -2.04. The molecule has 0 saturated heterocycles. The molecule has 0 radical (unpaired) electrons. The van der Waals surface area contributed by atoms with Crippen LogP contribution in [0, 0.1) is 5.92 Å². The molecule has 0 aromatic heterocycles. The zero-order valence-electron chi connectivity index (χ0n) is 14.7. The smallest absolute Gasteiger partial charge is 0.311 e. The molecule has 0 unspecified atom stereocenters. The molecular weight excluding hydrogens is 306 g/mol. The van der Waals surface area contributed by atoms with E-state index in [2.05, 4.69) is 12.2 Å². The highest BCUT2D eigenvalue weighted by molar-refractivity contribution is 5.84. The van der Waals surface area contributed by atoms with Gasteiger partial charge in [0.2, 0.25) is 0 Å². The molecular formula is C19H27NO4. The van der Waals surface area contributed by atoms with Gasteiger partial charge in [0.1, 0.15) is 5.75 Å². The van der Waals surface area contributed by atoms with Crippen molar-refractivity contribution in [3.05, 3.63) is 29.8 Å². The Balaban J connectivity index is 1.80. The second-order valence-electron chi connectivity index (χ2n) is 6.53. The largest absolute Gasteiger partial charge is 0.497 e. The molecule has 1 fully saturated rings. The van der Waals surface area contributed by atoms with Crippen LogP contribution in [0.1, 0.15) is 45.1 Å². The van der Waals surface area contributed by atoms with Gasteiger partial charge in [-0.05, 0) is 43.4 Å². The molecule has 132 valence electrons. The van der Waals surface area contributed by atoms with Gasteiger partial charge in [-0.2, -0.15) is 0 Å². The second-order valence-corrected chi connectivity index (χ2v) is 6.53. The van der Waals surface area contributed by atoms with Crippen LogP contribution in [0.4, 0.5) is 0 Å². The van der Waals surface area contributed by atoms with Crippen molar-refractivity contribution in [3.8, 4) is 5.75 Å². The number of rotatable bonds is 6. The summed E-state index contributed by atoms with van der Waals surface area (Å²) in [7, 11) is 1.59. The average molecular weight is 333 g/mol. The maximum Gasteiger partial charge on any atom is 0.311 e. The lowest BCUT2D eigenvalue weighted by Crippen LogP contribution is -2.46. The van der Waals surface area contributed by atoms with Crippen LogP contribution >= 0.6 is 0 Å². The Kier molecular flexibility index (Phi) is 6.64. The molecule has 1 N–H and O–H groups in total. The Morgan fingerprint density at radius 2 is 1.88 bits per heavy atom. The van der Waals surface area contributed by atoms with Gasteiger partial charge in [0.05, 0.1) is 13.5 Å². The van der Waals surface area contributed by atoms with Crippen molar-refractivity contribution in [1.29, 1.82) is 0 Å². The third-order valence-electron chi connectivity index (χ3n) is 4.62. The Morgan fingerprint density at radius 1 is 1.21 bits per heavy atom. The Labute approximate surface area is 143 Å². The number of hydrogen-bond donors (Lipinski definition) is 1. The van der Waals surface area contributed by atoms with Gasteiger partial charge in [-0.15, -0.1) is 0 Å². The zero-order valence-corrected chi connectivity index (χ0v) is 14.7. The molecule has 1 amide bonds. The maximum absolute atomic E-state index is 12.2. The number of benzene rings is 1. The molecule has 1 aromatic rings. The van der Waals surface area contributed by atoms with Crippen LogP contribution in [0.25, 0.3) is 0 Å². The highest BCUT2D eigenvalue weighted by atomic mass is 16.5. The van der Waals surface area contributed by atoms with E-state index in [1.54, 1.807) is 26.2 Å². The molecule has 1 saturated carbocycles. The minimum Gasteiger partial charge on any atom is -0.497 e. The highest BCUT2D eigenvalue weighted by Gasteiger charge is 2.26. The maximum atomic E-state index is 12.2. The number of ether oxygens (including phenoxy) is 2. The fourth-order valence-electron chi connectivity index (χ4n) is 3.03. The first kappa shape index (κ1) is 18.3. The molecule has 0 bridgehead atoms. The van der Waals surface area contributed by atoms with Crippen molar-refractivity contribution < 1.29 is 19.1 Å². The zero-order chi connectivity index (χ0) is 17.5. The molecule has 2 rings (SSSR count). The number of esters is 1. The number of amides is 1. The van der Waals surface area contributed by atoms with Crippen LogP contribution in [0.5, 0.6) is 5.75 Å². The fourth-order valence-corrected chi connectivity index (χ4v) is 3.03. The monoisotopic (exact) mass is 333 g/mol. The molecule has 24 heavy (non-hydrogen) atoms. The first-order valence-corrected chi connectivity index (χ1v) is 8.62. The van der Waals surface area contributed by atoms with E-state index in [9.17, 15) is 9.59 Å². The highest BCUT2D eigenvalue weighted by Crippen LogP contribution is 2.23. The standard InChI is InChI=1S/C19H27NO4/c1-13-6-4-5-7-17(13)20-19(22)14(2)24-18(21)12-15-8-10-16(23-3)11-9-15/h8-11,13-14,17H,4-7,12H2,1-3H3,(H,20,22)/t13-,14+,17+/m0/s1. The van der Waals surface area contributed by atoms with E-state index in [1.165, 1.54) is 6.42 Å². The molecule has 5 heteroatoms. The average Bonchev–Trinajstić information content (AvgIpc) is 2.57. The summed E-state index contributed by atoms with van der Waals surface area (Å²) in [6, 6.07) is 7.41. The topological polar surface area (TPSA) is 64.6 Å². The molecule has 1 aliphatic carbocycles. The Bertz CT molecular complexity index is 555. The normalized spacial score (nSPS) is 21.6. The van der Waals surface area contributed by atoms with Crippen LogP contribution in [0.2, 0.25) is 0 Å². The first-order valence-electron chi connectivity index (χ1n) is 8.62. The Morgan fingerprint density at radius 3 is 2.50 bits per heavy atom. The molecule has 1 aromatic carbocycles. The summed E-state index contributed by atoms with van der Waals surface area (Å²) in [5.41, 5.74) is 0.828. The lowest BCUT2D eigenvalue weighted by molar-refractivity contribution is -0.154. The van der Waals surface area contributed by atoms with Crippen molar-refractivity contribution in [2.24, 2.45) is 5.92 Å².